The molecule has 1 unspecified atom stereocenters. The predicted molar refractivity (Wildman–Crippen MR) is 76.5 cm³/mol. The molecule has 4 bridgehead atoms. The summed E-state index contributed by atoms with van der Waals surface area (Å²) in [5.74, 6) is 4.28. The quantitative estimate of drug-likeness (QED) is 0.601. The van der Waals surface area contributed by atoms with Crippen LogP contribution in [0.15, 0.2) is 4.99 Å². The highest BCUT2D eigenvalue weighted by atomic mass is 14.9. The highest BCUT2D eigenvalue weighted by Crippen LogP contribution is 2.61. The fourth-order valence-electron chi connectivity index (χ4n) is 5.20. The van der Waals surface area contributed by atoms with Crippen LogP contribution in [0.1, 0.15) is 59.3 Å². The third-order valence-electron chi connectivity index (χ3n) is 5.91. The molecule has 4 aliphatic rings. The van der Waals surface area contributed by atoms with E-state index in [1.54, 1.807) is 0 Å². The minimum absolute atomic E-state index is 0.390. The first-order valence-electron chi connectivity index (χ1n) is 7.81. The Labute approximate surface area is 111 Å². The van der Waals surface area contributed by atoms with E-state index < -0.39 is 0 Å². The summed E-state index contributed by atoms with van der Waals surface area (Å²) in [5.41, 5.74) is 6.59. The molecule has 0 aromatic heterocycles. The number of aliphatic imine (C=N–C) groups is 1. The predicted octanol–water partition coefficient (Wildman–Crippen LogP) is 3.60. The Morgan fingerprint density at radius 1 is 1.00 bits per heavy atom. The monoisotopic (exact) mass is 248 g/mol. The Morgan fingerprint density at radius 2 is 1.44 bits per heavy atom. The molecule has 2 heteroatoms. The van der Waals surface area contributed by atoms with Gasteiger partial charge in [0.05, 0.1) is 11.9 Å². The largest absolute Gasteiger partial charge is 0.387 e. The minimum atomic E-state index is 0.390. The normalized spacial score (nSPS) is 44.7. The van der Waals surface area contributed by atoms with Crippen molar-refractivity contribution in [3.8, 4) is 0 Å². The number of nitrogens with two attached hydrogens (primary N) is 1. The molecular formula is C16H28N2. The lowest BCUT2D eigenvalue weighted by Gasteiger charge is -2.58. The molecule has 0 amide bonds. The summed E-state index contributed by atoms with van der Waals surface area (Å²) in [6.07, 6.45) is 8.80. The van der Waals surface area contributed by atoms with Crippen LogP contribution in [0.4, 0.5) is 0 Å². The maximum Gasteiger partial charge on any atom is 0.0966 e. The summed E-state index contributed by atoms with van der Waals surface area (Å²) in [6.45, 7) is 6.61. The van der Waals surface area contributed by atoms with Crippen LogP contribution in [0.2, 0.25) is 0 Å². The molecule has 0 saturated heterocycles. The van der Waals surface area contributed by atoms with Gasteiger partial charge in [0.15, 0.2) is 0 Å². The molecule has 0 heterocycles. The summed E-state index contributed by atoms with van der Waals surface area (Å²) >= 11 is 0. The molecule has 0 aromatic rings. The zero-order valence-corrected chi connectivity index (χ0v) is 12.2. The van der Waals surface area contributed by atoms with Crippen LogP contribution in [-0.4, -0.2) is 11.9 Å². The Bertz CT molecular complexity index is 321. The Morgan fingerprint density at radius 3 is 1.83 bits per heavy atom. The number of hydrogen-bond donors (Lipinski definition) is 1. The van der Waals surface area contributed by atoms with Gasteiger partial charge in [0.1, 0.15) is 0 Å². The Kier molecular flexibility index (Phi) is 2.95. The molecule has 18 heavy (non-hydrogen) atoms. The van der Waals surface area contributed by atoms with Gasteiger partial charge in [0, 0.05) is 5.92 Å². The van der Waals surface area contributed by atoms with Gasteiger partial charge in [-0.15, -0.1) is 0 Å². The number of hydrogen-bond acceptors (Lipinski definition) is 1. The molecule has 102 valence electrons. The second-order valence-corrected chi connectivity index (χ2v) is 7.66. The summed E-state index contributed by atoms with van der Waals surface area (Å²) in [7, 11) is 0. The van der Waals surface area contributed by atoms with Crippen LogP contribution in [0.3, 0.4) is 0 Å². The molecule has 2 nitrogen and oxygen atoms in total. The highest BCUT2D eigenvalue weighted by molar-refractivity contribution is 5.82. The second-order valence-electron chi connectivity index (χ2n) is 7.66. The molecule has 4 saturated carbocycles. The van der Waals surface area contributed by atoms with Gasteiger partial charge in [-0.3, -0.25) is 4.99 Å². The molecule has 2 N–H and O–H groups in total. The summed E-state index contributed by atoms with van der Waals surface area (Å²) in [4.78, 5) is 4.86. The van der Waals surface area contributed by atoms with Gasteiger partial charge in [0.2, 0.25) is 0 Å². The highest BCUT2D eigenvalue weighted by Gasteiger charge is 2.53. The third kappa shape index (κ3) is 1.98. The molecule has 0 spiro atoms. The van der Waals surface area contributed by atoms with E-state index in [2.05, 4.69) is 20.8 Å². The van der Waals surface area contributed by atoms with Crippen LogP contribution in [-0.2, 0) is 0 Å². The van der Waals surface area contributed by atoms with Crippen LogP contribution in [0.25, 0.3) is 0 Å². The van der Waals surface area contributed by atoms with E-state index in [-0.39, 0.29) is 0 Å². The summed E-state index contributed by atoms with van der Waals surface area (Å²) in [6, 6.07) is 0.438. The van der Waals surface area contributed by atoms with E-state index in [0.717, 1.165) is 23.6 Å². The first kappa shape index (κ1) is 12.5. The standard InChI is InChI=1S/C16H28N2/c1-10(2)15(17)18-11(3)16-7-12-4-13(8-16)6-14(5-12)9-16/h10-14H,4-9H2,1-3H3,(H2,17,18). The molecular weight excluding hydrogens is 220 g/mol. The molecule has 0 radical (unpaired) electrons. The van der Waals surface area contributed by atoms with E-state index in [4.69, 9.17) is 10.7 Å². The molecule has 4 fully saturated rings. The minimum Gasteiger partial charge on any atom is -0.387 e. The van der Waals surface area contributed by atoms with Gasteiger partial charge in [-0.2, -0.15) is 0 Å². The maximum atomic E-state index is 6.09. The average molecular weight is 248 g/mol. The zero-order chi connectivity index (χ0) is 12.9. The average Bonchev–Trinajstić information content (AvgIpc) is 2.26. The molecule has 0 aliphatic heterocycles. The van der Waals surface area contributed by atoms with Crippen LogP contribution in [0.5, 0.6) is 0 Å². The number of amidine groups is 1. The molecule has 4 aliphatic carbocycles. The first-order chi connectivity index (χ1) is 8.48. The van der Waals surface area contributed by atoms with Crippen LogP contribution >= 0.6 is 0 Å². The van der Waals surface area contributed by atoms with Crippen molar-refractivity contribution in [3.05, 3.63) is 0 Å². The number of nitrogens with zero attached hydrogens (tertiary/aromatic N) is 1. The van der Waals surface area contributed by atoms with E-state index in [1.807, 2.05) is 0 Å². The molecule has 4 rings (SSSR count). The molecule has 1 atom stereocenters. The number of rotatable bonds is 3. The van der Waals surface area contributed by atoms with Crippen molar-refractivity contribution in [2.45, 2.75) is 65.3 Å². The fraction of sp³-hybridized carbons (Fsp3) is 0.938. The van der Waals surface area contributed by atoms with Gasteiger partial charge in [0.25, 0.3) is 0 Å². The Hall–Kier alpha value is -0.530. The van der Waals surface area contributed by atoms with Gasteiger partial charge < -0.3 is 5.73 Å². The van der Waals surface area contributed by atoms with Gasteiger partial charge >= 0.3 is 0 Å². The van der Waals surface area contributed by atoms with Crippen molar-refractivity contribution >= 4 is 5.84 Å². The summed E-state index contributed by atoms with van der Waals surface area (Å²) < 4.78 is 0. The smallest absolute Gasteiger partial charge is 0.0966 e. The lowest BCUT2D eigenvalue weighted by atomic mass is 9.48. The van der Waals surface area contributed by atoms with Gasteiger partial charge in [-0.1, -0.05) is 13.8 Å². The van der Waals surface area contributed by atoms with Crippen molar-refractivity contribution < 1.29 is 0 Å². The van der Waals surface area contributed by atoms with E-state index in [1.165, 1.54) is 38.5 Å². The van der Waals surface area contributed by atoms with E-state index >= 15 is 0 Å². The SMILES string of the molecule is CC(C)C(N)=NC(C)C12CC3CC(CC(C3)C1)C2. The van der Waals surface area contributed by atoms with Crippen molar-refractivity contribution in [2.75, 3.05) is 0 Å². The lowest BCUT2D eigenvalue weighted by Crippen LogP contribution is -2.50. The lowest BCUT2D eigenvalue weighted by molar-refractivity contribution is -0.0633. The van der Waals surface area contributed by atoms with Crippen molar-refractivity contribution in [1.29, 1.82) is 0 Å². The maximum absolute atomic E-state index is 6.09. The summed E-state index contributed by atoms with van der Waals surface area (Å²) in [5, 5.41) is 0. The van der Waals surface area contributed by atoms with Crippen molar-refractivity contribution in [2.24, 2.45) is 39.8 Å². The van der Waals surface area contributed by atoms with Gasteiger partial charge in [-0.25, -0.2) is 0 Å². The van der Waals surface area contributed by atoms with Crippen molar-refractivity contribution in [1.82, 2.24) is 0 Å². The topological polar surface area (TPSA) is 38.4 Å². The molecule has 0 aromatic carbocycles. The third-order valence-corrected chi connectivity index (χ3v) is 5.91. The van der Waals surface area contributed by atoms with Crippen molar-refractivity contribution in [3.63, 3.8) is 0 Å². The second kappa shape index (κ2) is 4.25. The van der Waals surface area contributed by atoms with Gasteiger partial charge in [-0.05, 0) is 68.6 Å². The first-order valence-corrected chi connectivity index (χ1v) is 7.81. The Balaban J connectivity index is 1.81. The zero-order valence-electron chi connectivity index (χ0n) is 12.2. The van der Waals surface area contributed by atoms with Crippen LogP contribution < -0.4 is 5.73 Å². The van der Waals surface area contributed by atoms with Crippen LogP contribution in [0, 0.1) is 29.1 Å². The fourth-order valence-corrected chi connectivity index (χ4v) is 5.20. The van der Waals surface area contributed by atoms with E-state index in [9.17, 15) is 0 Å². The van der Waals surface area contributed by atoms with E-state index in [0.29, 0.717) is 17.4 Å².